The van der Waals surface area contributed by atoms with E-state index in [-0.39, 0.29) is 18.5 Å². The number of benzene rings is 2. The Morgan fingerprint density at radius 3 is 2.35 bits per heavy atom. The van der Waals surface area contributed by atoms with Crippen LogP contribution in [-0.2, 0) is 10.4 Å². The second-order valence-electron chi connectivity index (χ2n) is 5.52. The van der Waals surface area contributed by atoms with E-state index < -0.39 is 16.5 Å². The normalized spacial score (nSPS) is 13.3. The number of aliphatic carboxylic acids is 1. The van der Waals surface area contributed by atoms with E-state index in [1.165, 1.54) is 6.07 Å². The first-order chi connectivity index (χ1) is 10.8. The maximum Gasteiger partial charge on any atom is 0.303 e. The van der Waals surface area contributed by atoms with Gasteiger partial charge in [-0.2, -0.15) is 0 Å². The molecule has 0 bridgehead atoms. The van der Waals surface area contributed by atoms with Gasteiger partial charge in [0.05, 0.1) is 16.1 Å². The molecule has 0 aliphatic carbocycles. The van der Waals surface area contributed by atoms with Gasteiger partial charge in [-0.25, -0.2) is 0 Å². The van der Waals surface area contributed by atoms with E-state index in [1.54, 1.807) is 49.4 Å². The maximum absolute atomic E-state index is 11.1. The average Bonchev–Trinajstić information content (AvgIpc) is 2.53. The molecular formula is C17H17NO5. The lowest BCUT2D eigenvalue weighted by molar-refractivity contribution is -0.384. The van der Waals surface area contributed by atoms with Crippen LogP contribution in [0.5, 0.6) is 0 Å². The zero-order valence-electron chi connectivity index (χ0n) is 12.6. The molecule has 6 nitrogen and oxygen atoms in total. The average molecular weight is 315 g/mol. The Morgan fingerprint density at radius 2 is 1.78 bits per heavy atom. The second kappa shape index (κ2) is 6.58. The fraction of sp³-hybridized carbons (Fsp3) is 0.235. The molecule has 1 unspecified atom stereocenters. The van der Waals surface area contributed by atoms with Crippen molar-refractivity contribution >= 4 is 11.7 Å². The summed E-state index contributed by atoms with van der Waals surface area (Å²) in [6, 6.07) is 13.1. The van der Waals surface area contributed by atoms with Crippen LogP contribution >= 0.6 is 0 Å². The van der Waals surface area contributed by atoms with E-state index in [4.69, 9.17) is 5.11 Å². The van der Waals surface area contributed by atoms with Gasteiger partial charge in [0.15, 0.2) is 0 Å². The SMILES string of the molecule is CC(O)(CCC(=O)O)c1ccc(-c2ccccc2[N+](=O)[O-])cc1. The molecule has 0 aromatic heterocycles. The first-order valence-corrected chi connectivity index (χ1v) is 7.10. The summed E-state index contributed by atoms with van der Waals surface area (Å²) in [5.41, 5.74) is 0.475. The van der Waals surface area contributed by atoms with E-state index in [0.29, 0.717) is 16.7 Å². The van der Waals surface area contributed by atoms with Gasteiger partial charge in [0.25, 0.3) is 5.69 Å². The molecule has 2 N–H and O–H groups in total. The van der Waals surface area contributed by atoms with Gasteiger partial charge in [0.1, 0.15) is 0 Å². The number of carboxylic acid groups (broad SMARTS) is 1. The third-order valence-corrected chi connectivity index (χ3v) is 3.74. The lowest BCUT2D eigenvalue weighted by atomic mass is 9.89. The van der Waals surface area contributed by atoms with Gasteiger partial charge >= 0.3 is 5.97 Å². The monoisotopic (exact) mass is 315 g/mol. The molecule has 0 aliphatic heterocycles. The highest BCUT2D eigenvalue weighted by molar-refractivity contribution is 5.73. The number of hydrogen-bond acceptors (Lipinski definition) is 4. The Morgan fingerprint density at radius 1 is 1.17 bits per heavy atom. The van der Waals surface area contributed by atoms with Crippen LogP contribution in [-0.4, -0.2) is 21.1 Å². The molecule has 0 amide bonds. The van der Waals surface area contributed by atoms with Crippen molar-refractivity contribution in [3.05, 3.63) is 64.2 Å². The summed E-state index contributed by atoms with van der Waals surface area (Å²) in [6.07, 6.45) is -0.0495. The Labute approximate surface area is 133 Å². The number of carboxylic acids is 1. The van der Waals surface area contributed by atoms with Gasteiger partial charge in [-0.05, 0) is 30.5 Å². The van der Waals surface area contributed by atoms with Gasteiger partial charge in [0.2, 0.25) is 0 Å². The number of nitrogens with zero attached hydrogens (tertiary/aromatic N) is 1. The molecule has 0 heterocycles. The molecule has 0 aliphatic rings. The summed E-state index contributed by atoms with van der Waals surface area (Å²) in [5, 5.41) is 30.2. The second-order valence-corrected chi connectivity index (χ2v) is 5.52. The van der Waals surface area contributed by atoms with E-state index in [1.807, 2.05) is 0 Å². The lowest BCUT2D eigenvalue weighted by Gasteiger charge is -2.23. The van der Waals surface area contributed by atoms with Crippen molar-refractivity contribution in [3.8, 4) is 11.1 Å². The third-order valence-electron chi connectivity index (χ3n) is 3.74. The molecule has 0 saturated carbocycles. The number of aliphatic hydroxyl groups is 1. The molecular weight excluding hydrogens is 298 g/mol. The van der Waals surface area contributed by atoms with E-state index >= 15 is 0 Å². The Balaban J connectivity index is 2.30. The lowest BCUT2D eigenvalue weighted by Crippen LogP contribution is -2.22. The van der Waals surface area contributed by atoms with Crippen LogP contribution in [0, 0.1) is 10.1 Å². The largest absolute Gasteiger partial charge is 0.481 e. The summed E-state index contributed by atoms with van der Waals surface area (Å²) in [4.78, 5) is 21.3. The third kappa shape index (κ3) is 3.92. The highest BCUT2D eigenvalue weighted by Crippen LogP contribution is 2.32. The van der Waals surface area contributed by atoms with E-state index in [0.717, 1.165) is 0 Å². The predicted octanol–water partition coefficient (Wildman–Crippen LogP) is 3.33. The Bertz CT molecular complexity index is 722. The van der Waals surface area contributed by atoms with Gasteiger partial charge in [-0.3, -0.25) is 14.9 Å². The van der Waals surface area contributed by atoms with Crippen molar-refractivity contribution in [3.63, 3.8) is 0 Å². The van der Waals surface area contributed by atoms with Crippen molar-refractivity contribution in [2.75, 3.05) is 0 Å². The molecule has 0 radical (unpaired) electrons. The topological polar surface area (TPSA) is 101 Å². The molecule has 120 valence electrons. The molecule has 0 fully saturated rings. The van der Waals surface area contributed by atoms with Crippen LogP contribution in [0.3, 0.4) is 0 Å². The van der Waals surface area contributed by atoms with Crippen LogP contribution in [0.1, 0.15) is 25.3 Å². The van der Waals surface area contributed by atoms with Crippen LogP contribution in [0.4, 0.5) is 5.69 Å². The van der Waals surface area contributed by atoms with Crippen LogP contribution in [0.2, 0.25) is 0 Å². The fourth-order valence-electron chi connectivity index (χ4n) is 2.38. The summed E-state index contributed by atoms with van der Waals surface area (Å²) >= 11 is 0. The van der Waals surface area contributed by atoms with Crippen molar-refractivity contribution in [2.45, 2.75) is 25.4 Å². The minimum Gasteiger partial charge on any atom is -0.481 e. The van der Waals surface area contributed by atoms with Gasteiger partial charge in [-0.1, -0.05) is 36.4 Å². The van der Waals surface area contributed by atoms with Gasteiger partial charge in [0, 0.05) is 12.5 Å². The minimum absolute atomic E-state index is 0.0119. The zero-order valence-corrected chi connectivity index (χ0v) is 12.6. The molecule has 1 atom stereocenters. The summed E-state index contributed by atoms with van der Waals surface area (Å²) < 4.78 is 0. The number of hydrogen-bond donors (Lipinski definition) is 2. The smallest absolute Gasteiger partial charge is 0.303 e. The molecule has 0 spiro atoms. The van der Waals surface area contributed by atoms with E-state index in [2.05, 4.69) is 0 Å². The maximum atomic E-state index is 11.1. The predicted molar refractivity (Wildman–Crippen MR) is 85.0 cm³/mol. The zero-order chi connectivity index (χ0) is 17.0. The fourth-order valence-corrected chi connectivity index (χ4v) is 2.38. The number of para-hydroxylation sites is 1. The van der Waals surface area contributed by atoms with Crippen molar-refractivity contribution in [1.82, 2.24) is 0 Å². The summed E-state index contributed by atoms with van der Waals surface area (Å²) in [6.45, 7) is 1.55. The summed E-state index contributed by atoms with van der Waals surface area (Å²) in [7, 11) is 0. The quantitative estimate of drug-likeness (QED) is 0.629. The Hall–Kier alpha value is -2.73. The van der Waals surface area contributed by atoms with Crippen molar-refractivity contribution < 1.29 is 19.9 Å². The molecule has 0 saturated heterocycles. The van der Waals surface area contributed by atoms with E-state index in [9.17, 15) is 20.0 Å². The number of carbonyl (C=O) groups is 1. The standard InChI is InChI=1S/C17H17NO5/c1-17(21,11-10-16(19)20)13-8-6-12(7-9-13)14-4-2-3-5-15(14)18(22)23/h2-9,21H,10-11H2,1H3,(H,19,20). The molecule has 2 rings (SSSR count). The molecule has 6 heteroatoms. The first-order valence-electron chi connectivity index (χ1n) is 7.10. The molecule has 2 aromatic rings. The van der Waals surface area contributed by atoms with Crippen molar-refractivity contribution in [1.29, 1.82) is 0 Å². The highest BCUT2D eigenvalue weighted by Gasteiger charge is 2.24. The first kappa shape index (κ1) is 16.6. The van der Waals surface area contributed by atoms with Crippen molar-refractivity contribution in [2.24, 2.45) is 0 Å². The number of rotatable bonds is 6. The van der Waals surface area contributed by atoms with Crippen LogP contribution in [0.25, 0.3) is 11.1 Å². The Kier molecular flexibility index (Phi) is 4.76. The number of nitro groups is 1. The summed E-state index contributed by atoms with van der Waals surface area (Å²) in [5.74, 6) is -0.971. The number of nitro benzene ring substituents is 1. The molecule has 2 aromatic carbocycles. The van der Waals surface area contributed by atoms with Crippen LogP contribution in [0.15, 0.2) is 48.5 Å². The highest BCUT2D eigenvalue weighted by atomic mass is 16.6. The minimum atomic E-state index is -1.26. The van der Waals surface area contributed by atoms with Gasteiger partial charge < -0.3 is 10.2 Å². The van der Waals surface area contributed by atoms with Crippen LogP contribution < -0.4 is 0 Å². The molecule has 23 heavy (non-hydrogen) atoms. The van der Waals surface area contributed by atoms with Gasteiger partial charge in [-0.15, -0.1) is 0 Å².